The van der Waals surface area contributed by atoms with Crippen LogP contribution < -0.4 is 0 Å². The van der Waals surface area contributed by atoms with Gasteiger partial charge in [0, 0.05) is 36.2 Å². The van der Waals surface area contributed by atoms with Gasteiger partial charge in [0.25, 0.3) is 0 Å². The number of methoxy groups -OCH3 is 1. The number of carbonyl (C=O) groups excluding carboxylic acids is 2. The molecular weight excluding hydrogens is 407 g/mol. The molecule has 0 aliphatic heterocycles. The molecule has 0 N–H and O–H groups in total. The first-order chi connectivity index (χ1) is 15.5. The molecule has 0 radical (unpaired) electrons. The van der Waals surface area contributed by atoms with E-state index in [0.29, 0.717) is 29.6 Å². The second-order valence-electron chi connectivity index (χ2n) is 8.41. The number of hydrogen-bond acceptors (Lipinski definition) is 4. The summed E-state index contributed by atoms with van der Waals surface area (Å²) in [7, 11) is 1.53. The van der Waals surface area contributed by atoms with Gasteiger partial charge in [-0.2, -0.15) is 0 Å². The highest BCUT2D eigenvalue weighted by atomic mass is 19.1. The van der Waals surface area contributed by atoms with Crippen LogP contribution in [0.15, 0.2) is 76.9 Å². The molecule has 2 unspecified atom stereocenters. The first-order valence-electron chi connectivity index (χ1n) is 10.9. The van der Waals surface area contributed by atoms with E-state index in [4.69, 9.17) is 9.47 Å². The number of halogens is 1. The predicted octanol–water partition coefficient (Wildman–Crippen LogP) is 5.26. The molecule has 32 heavy (non-hydrogen) atoms. The maximum absolute atomic E-state index is 14.9. The summed E-state index contributed by atoms with van der Waals surface area (Å²) in [5, 5.41) is 0. The van der Waals surface area contributed by atoms with E-state index in [2.05, 4.69) is 0 Å². The number of rotatable bonds is 6. The van der Waals surface area contributed by atoms with Crippen LogP contribution in [0, 0.1) is 5.82 Å². The van der Waals surface area contributed by atoms with Gasteiger partial charge in [-0.05, 0) is 37.3 Å². The van der Waals surface area contributed by atoms with E-state index in [0.717, 1.165) is 23.1 Å². The van der Waals surface area contributed by atoms with Crippen molar-refractivity contribution in [1.82, 2.24) is 0 Å². The van der Waals surface area contributed by atoms with Crippen molar-refractivity contribution in [3.8, 4) is 0 Å². The molecule has 4 rings (SSSR count). The Morgan fingerprint density at radius 2 is 1.75 bits per heavy atom. The summed E-state index contributed by atoms with van der Waals surface area (Å²) < 4.78 is 25.3. The smallest absolute Gasteiger partial charge is 0.335 e. The minimum atomic E-state index is -0.751. The Kier molecular flexibility index (Phi) is 6.66. The molecule has 0 amide bonds. The van der Waals surface area contributed by atoms with Crippen LogP contribution in [-0.2, 0) is 19.1 Å². The number of esters is 1. The lowest BCUT2D eigenvalue weighted by Gasteiger charge is -2.36. The standard InChI is InChI=1S/C27H27FO4/c1-17-14-20-15-19(18-8-4-3-5-9-18)16-23(29)25(20)26(21-10-6-7-11-22(21)28)24(17)27(30)32-13-12-31-2/h3-11,19,26H,12-16H2,1-2H3. The van der Waals surface area contributed by atoms with Crippen LogP contribution >= 0.6 is 0 Å². The Labute approximate surface area is 187 Å². The molecule has 0 heterocycles. The fraction of sp³-hybridized carbons (Fsp3) is 0.333. The van der Waals surface area contributed by atoms with Crippen molar-refractivity contribution in [2.24, 2.45) is 0 Å². The van der Waals surface area contributed by atoms with Crippen LogP contribution in [0.25, 0.3) is 0 Å². The third-order valence-electron chi connectivity index (χ3n) is 6.35. The summed E-state index contributed by atoms with van der Waals surface area (Å²) >= 11 is 0. The minimum Gasteiger partial charge on any atom is -0.460 e. The highest BCUT2D eigenvalue weighted by molar-refractivity contribution is 6.04. The topological polar surface area (TPSA) is 52.6 Å². The van der Waals surface area contributed by atoms with E-state index in [1.807, 2.05) is 37.3 Å². The van der Waals surface area contributed by atoms with Crippen molar-refractivity contribution in [1.29, 1.82) is 0 Å². The van der Waals surface area contributed by atoms with Crippen LogP contribution in [0.1, 0.15) is 49.1 Å². The molecule has 0 saturated carbocycles. The van der Waals surface area contributed by atoms with Crippen LogP contribution in [0.2, 0.25) is 0 Å². The molecule has 0 fully saturated rings. The summed E-state index contributed by atoms with van der Waals surface area (Å²) in [6.45, 7) is 2.25. The van der Waals surface area contributed by atoms with E-state index >= 15 is 0 Å². The summed E-state index contributed by atoms with van der Waals surface area (Å²) in [6.07, 6.45) is 1.59. The summed E-state index contributed by atoms with van der Waals surface area (Å²) in [4.78, 5) is 26.5. The predicted molar refractivity (Wildman–Crippen MR) is 120 cm³/mol. The Hall–Kier alpha value is -3.05. The number of hydrogen-bond donors (Lipinski definition) is 0. The van der Waals surface area contributed by atoms with Gasteiger partial charge in [0.15, 0.2) is 5.78 Å². The van der Waals surface area contributed by atoms with Crippen LogP contribution in [-0.4, -0.2) is 32.1 Å². The zero-order chi connectivity index (χ0) is 22.7. The Balaban J connectivity index is 1.77. The Bertz CT molecular complexity index is 1080. The summed E-state index contributed by atoms with van der Waals surface area (Å²) in [6, 6.07) is 16.4. The van der Waals surface area contributed by atoms with Crippen molar-refractivity contribution in [3.63, 3.8) is 0 Å². The molecule has 2 aliphatic rings. The minimum absolute atomic E-state index is 0.0250. The van der Waals surface area contributed by atoms with E-state index in [1.54, 1.807) is 18.2 Å². The van der Waals surface area contributed by atoms with Gasteiger partial charge in [0.1, 0.15) is 12.4 Å². The molecule has 0 bridgehead atoms. The highest BCUT2D eigenvalue weighted by Crippen LogP contribution is 2.49. The quantitative estimate of drug-likeness (QED) is 0.460. The lowest BCUT2D eigenvalue weighted by atomic mass is 9.67. The van der Waals surface area contributed by atoms with Crippen molar-refractivity contribution in [2.45, 2.75) is 38.0 Å². The van der Waals surface area contributed by atoms with Gasteiger partial charge in [-0.25, -0.2) is 9.18 Å². The van der Waals surface area contributed by atoms with E-state index in [1.165, 1.54) is 13.2 Å². The molecule has 2 aromatic carbocycles. The van der Waals surface area contributed by atoms with Gasteiger partial charge < -0.3 is 9.47 Å². The molecule has 4 nitrogen and oxygen atoms in total. The monoisotopic (exact) mass is 434 g/mol. The lowest BCUT2D eigenvalue weighted by molar-refractivity contribution is -0.140. The maximum atomic E-state index is 14.9. The molecule has 5 heteroatoms. The first kappa shape index (κ1) is 22.2. The molecule has 0 aromatic heterocycles. The van der Waals surface area contributed by atoms with Crippen molar-refractivity contribution in [2.75, 3.05) is 20.3 Å². The second-order valence-corrected chi connectivity index (χ2v) is 8.41. The molecule has 2 atom stereocenters. The molecule has 0 saturated heterocycles. The van der Waals surface area contributed by atoms with Crippen molar-refractivity contribution >= 4 is 11.8 Å². The first-order valence-corrected chi connectivity index (χ1v) is 10.9. The SMILES string of the molecule is COCCOC(=O)C1=C(C)CC2=C(C(=O)CC(c3ccccc3)C2)C1c1ccccc1F. The fourth-order valence-corrected chi connectivity index (χ4v) is 4.92. The van der Waals surface area contributed by atoms with Crippen LogP contribution in [0.5, 0.6) is 0 Å². The van der Waals surface area contributed by atoms with E-state index in [-0.39, 0.29) is 24.9 Å². The van der Waals surface area contributed by atoms with Gasteiger partial charge in [-0.3, -0.25) is 4.79 Å². The normalized spacial score (nSPS) is 20.9. The molecule has 166 valence electrons. The van der Waals surface area contributed by atoms with E-state index < -0.39 is 17.7 Å². The van der Waals surface area contributed by atoms with Crippen molar-refractivity contribution < 1.29 is 23.5 Å². The van der Waals surface area contributed by atoms with Crippen LogP contribution in [0.3, 0.4) is 0 Å². The lowest BCUT2D eigenvalue weighted by Crippen LogP contribution is -2.30. The average molecular weight is 435 g/mol. The molecule has 0 spiro atoms. The number of carbonyl (C=O) groups is 2. The highest BCUT2D eigenvalue weighted by Gasteiger charge is 2.41. The Morgan fingerprint density at radius 1 is 1.03 bits per heavy atom. The zero-order valence-electron chi connectivity index (χ0n) is 18.4. The summed E-state index contributed by atoms with van der Waals surface area (Å²) in [5.74, 6) is -1.63. The van der Waals surface area contributed by atoms with Crippen LogP contribution in [0.4, 0.5) is 4.39 Å². The number of allylic oxidation sites excluding steroid dienone is 3. The van der Waals surface area contributed by atoms with Gasteiger partial charge in [0.05, 0.1) is 6.61 Å². The number of Topliss-reactive ketones (excluding diaryl/α,β-unsaturated/α-hetero) is 1. The second kappa shape index (κ2) is 9.61. The zero-order valence-corrected chi connectivity index (χ0v) is 18.4. The maximum Gasteiger partial charge on any atom is 0.335 e. The van der Waals surface area contributed by atoms with Gasteiger partial charge >= 0.3 is 5.97 Å². The summed E-state index contributed by atoms with van der Waals surface area (Å²) in [5.41, 5.74) is 4.21. The molecule has 2 aliphatic carbocycles. The number of ether oxygens (including phenoxy) is 2. The van der Waals surface area contributed by atoms with Gasteiger partial charge in [-0.1, -0.05) is 59.7 Å². The average Bonchev–Trinajstić information content (AvgIpc) is 2.79. The van der Waals surface area contributed by atoms with Crippen molar-refractivity contribution in [3.05, 3.63) is 93.8 Å². The Morgan fingerprint density at radius 3 is 2.47 bits per heavy atom. The van der Waals surface area contributed by atoms with E-state index in [9.17, 15) is 14.0 Å². The molecular formula is C27H27FO4. The third kappa shape index (κ3) is 4.30. The third-order valence-corrected chi connectivity index (χ3v) is 6.35. The number of ketones is 1. The number of benzene rings is 2. The largest absolute Gasteiger partial charge is 0.460 e. The van der Waals surface area contributed by atoms with Gasteiger partial charge in [0.2, 0.25) is 0 Å². The van der Waals surface area contributed by atoms with Gasteiger partial charge in [-0.15, -0.1) is 0 Å². The molecule has 2 aromatic rings. The fourth-order valence-electron chi connectivity index (χ4n) is 4.92.